The molecule has 2 aromatic carbocycles. The molecule has 1 aliphatic rings. The summed E-state index contributed by atoms with van der Waals surface area (Å²) in [6.45, 7) is 2.42. The zero-order valence-corrected chi connectivity index (χ0v) is 20.3. The van der Waals surface area contributed by atoms with Gasteiger partial charge in [0.25, 0.3) is 10.0 Å². The minimum Gasteiger partial charge on any atom is -0.381 e. The minimum absolute atomic E-state index is 0.00475. The SMILES string of the molecule is CN(CCC1CCOCC1)c1ccccc1NS(=O)(=O)c1ccc(S(=O)(=O)N(C)C)cc1. The van der Waals surface area contributed by atoms with Gasteiger partial charge in [-0.1, -0.05) is 12.1 Å². The maximum Gasteiger partial charge on any atom is 0.261 e. The van der Waals surface area contributed by atoms with Gasteiger partial charge in [-0.25, -0.2) is 21.1 Å². The number of anilines is 2. The molecule has 176 valence electrons. The molecule has 0 bridgehead atoms. The molecule has 1 heterocycles. The normalized spacial score (nSPS) is 15.6. The van der Waals surface area contributed by atoms with Crippen LogP contribution in [-0.2, 0) is 24.8 Å². The standard InChI is InChI=1S/C22H31N3O5S2/c1-24(2)32(28,29)20-10-8-19(9-11-20)31(26,27)23-21-6-4-5-7-22(21)25(3)15-12-18-13-16-30-17-14-18/h4-11,18,23H,12-17H2,1-3H3. The Balaban J connectivity index is 1.75. The molecular formula is C22H31N3O5S2. The van der Waals surface area contributed by atoms with Crippen molar-refractivity contribution in [3.05, 3.63) is 48.5 Å². The minimum atomic E-state index is -3.89. The van der Waals surface area contributed by atoms with Crippen molar-refractivity contribution in [2.75, 3.05) is 50.5 Å². The quantitative estimate of drug-likeness (QED) is 0.592. The van der Waals surface area contributed by atoms with Crippen LogP contribution >= 0.6 is 0 Å². The van der Waals surface area contributed by atoms with Crippen LogP contribution in [0.2, 0.25) is 0 Å². The molecule has 0 atom stereocenters. The predicted octanol–water partition coefficient (Wildman–Crippen LogP) is 2.99. The summed E-state index contributed by atoms with van der Waals surface area (Å²) in [4.78, 5) is 2.09. The lowest BCUT2D eigenvalue weighted by Crippen LogP contribution is -2.25. The number of benzene rings is 2. The number of nitrogens with zero attached hydrogens (tertiary/aromatic N) is 2. The van der Waals surface area contributed by atoms with Crippen LogP contribution in [0.5, 0.6) is 0 Å². The van der Waals surface area contributed by atoms with E-state index in [9.17, 15) is 16.8 Å². The van der Waals surface area contributed by atoms with E-state index >= 15 is 0 Å². The van der Waals surface area contributed by atoms with Crippen LogP contribution in [0.4, 0.5) is 11.4 Å². The van der Waals surface area contributed by atoms with Crippen LogP contribution in [-0.4, -0.2) is 62.0 Å². The fraction of sp³-hybridized carbons (Fsp3) is 0.455. The first kappa shape index (κ1) is 24.5. The Morgan fingerprint density at radius 1 is 0.906 bits per heavy atom. The summed E-state index contributed by atoms with van der Waals surface area (Å²) in [6.07, 6.45) is 3.13. The number of ether oxygens (including phenoxy) is 1. The van der Waals surface area contributed by atoms with Gasteiger partial charge in [0, 0.05) is 40.9 Å². The Morgan fingerprint density at radius 3 is 2.12 bits per heavy atom. The highest BCUT2D eigenvalue weighted by molar-refractivity contribution is 7.92. The summed E-state index contributed by atoms with van der Waals surface area (Å²) in [7, 11) is -2.71. The Morgan fingerprint density at radius 2 is 1.50 bits per heavy atom. The van der Waals surface area contributed by atoms with Crippen molar-refractivity contribution in [1.82, 2.24) is 4.31 Å². The molecule has 0 amide bonds. The van der Waals surface area contributed by atoms with E-state index in [2.05, 4.69) is 9.62 Å². The Labute approximate surface area is 191 Å². The number of rotatable bonds is 9. The third-order valence-electron chi connectivity index (χ3n) is 5.69. The maximum atomic E-state index is 13.0. The van der Waals surface area contributed by atoms with Gasteiger partial charge in [-0.2, -0.15) is 0 Å². The summed E-state index contributed by atoms with van der Waals surface area (Å²) < 4.78 is 59.6. The van der Waals surface area contributed by atoms with Gasteiger partial charge < -0.3 is 9.64 Å². The van der Waals surface area contributed by atoms with Gasteiger partial charge in [0.1, 0.15) is 0 Å². The predicted molar refractivity (Wildman–Crippen MR) is 126 cm³/mol. The van der Waals surface area contributed by atoms with Crippen LogP contribution in [0, 0.1) is 5.92 Å². The van der Waals surface area contributed by atoms with Crippen LogP contribution in [0.15, 0.2) is 58.3 Å². The molecule has 0 saturated carbocycles. The molecule has 8 nitrogen and oxygen atoms in total. The van der Waals surface area contributed by atoms with Gasteiger partial charge in [-0.3, -0.25) is 4.72 Å². The highest BCUT2D eigenvalue weighted by atomic mass is 32.2. The first-order valence-electron chi connectivity index (χ1n) is 10.5. The first-order valence-corrected chi connectivity index (χ1v) is 13.5. The van der Waals surface area contributed by atoms with Crippen LogP contribution < -0.4 is 9.62 Å². The second-order valence-electron chi connectivity index (χ2n) is 8.15. The van der Waals surface area contributed by atoms with E-state index in [1.165, 1.54) is 38.4 Å². The Bertz CT molecular complexity index is 1110. The third kappa shape index (κ3) is 5.80. The van der Waals surface area contributed by atoms with Crippen molar-refractivity contribution < 1.29 is 21.6 Å². The molecule has 1 saturated heterocycles. The number of para-hydroxylation sites is 2. The van der Waals surface area contributed by atoms with Crippen molar-refractivity contribution >= 4 is 31.4 Å². The van der Waals surface area contributed by atoms with Crippen molar-refractivity contribution in [2.24, 2.45) is 5.92 Å². The van der Waals surface area contributed by atoms with Gasteiger partial charge >= 0.3 is 0 Å². The van der Waals surface area contributed by atoms with Crippen LogP contribution in [0.3, 0.4) is 0 Å². The van der Waals surface area contributed by atoms with Crippen molar-refractivity contribution in [3.8, 4) is 0 Å². The average Bonchev–Trinajstić information content (AvgIpc) is 2.78. The van der Waals surface area contributed by atoms with E-state index in [1.54, 1.807) is 12.1 Å². The molecule has 1 aliphatic heterocycles. The second-order valence-corrected chi connectivity index (χ2v) is 12.0. The molecule has 32 heavy (non-hydrogen) atoms. The van der Waals surface area contributed by atoms with Crippen molar-refractivity contribution in [2.45, 2.75) is 29.1 Å². The number of sulfonamides is 2. The highest BCUT2D eigenvalue weighted by Gasteiger charge is 2.21. The molecule has 1 N–H and O–H groups in total. The van der Waals surface area contributed by atoms with Crippen molar-refractivity contribution in [1.29, 1.82) is 0 Å². The largest absolute Gasteiger partial charge is 0.381 e. The smallest absolute Gasteiger partial charge is 0.261 e. The van der Waals surface area contributed by atoms with Gasteiger partial charge in [-0.05, 0) is 61.6 Å². The summed E-state index contributed by atoms with van der Waals surface area (Å²) >= 11 is 0. The fourth-order valence-electron chi connectivity index (χ4n) is 3.63. The zero-order chi connectivity index (χ0) is 23.4. The third-order valence-corrected chi connectivity index (χ3v) is 8.90. The molecule has 2 aromatic rings. The van der Waals surface area contributed by atoms with Gasteiger partial charge in [-0.15, -0.1) is 0 Å². The lowest BCUT2D eigenvalue weighted by Gasteiger charge is -2.27. The first-order chi connectivity index (χ1) is 15.1. The molecule has 1 fully saturated rings. The summed E-state index contributed by atoms with van der Waals surface area (Å²) in [6, 6.07) is 12.5. The number of hydrogen-bond donors (Lipinski definition) is 1. The van der Waals surface area contributed by atoms with E-state index in [4.69, 9.17) is 4.74 Å². The lowest BCUT2D eigenvalue weighted by atomic mass is 9.96. The Kier molecular flexibility index (Phi) is 7.81. The second kappa shape index (κ2) is 10.2. The molecule has 3 rings (SSSR count). The summed E-state index contributed by atoms with van der Waals surface area (Å²) in [5, 5.41) is 0. The number of hydrogen-bond acceptors (Lipinski definition) is 6. The highest BCUT2D eigenvalue weighted by Crippen LogP contribution is 2.29. The van der Waals surface area contributed by atoms with Gasteiger partial charge in [0.2, 0.25) is 10.0 Å². The molecule has 0 unspecified atom stereocenters. The molecule has 0 aromatic heterocycles. The molecule has 0 spiro atoms. The molecular weight excluding hydrogens is 450 g/mol. The van der Waals surface area contributed by atoms with E-state index in [1.807, 2.05) is 19.2 Å². The molecule has 10 heteroatoms. The fourth-order valence-corrected chi connectivity index (χ4v) is 5.61. The van der Waals surface area contributed by atoms with Crippen LogP contribution in [0.1, 0.15) is 19.3 Å². The van der Waals surface area contributed by atoms with E-state index in [0.717, 1.165) is 49.0 Å². The number of nitrogens with one attached hydrogen (secondary N) is 1. The topological polar surface area (TPSA) is 96.0 Å². The van der Waals surface area contributed by atoms with Crippen molar-refractivity contribution in [3.63, 3.8) is 0 Å². The monoisotopic (exact) mass is 481 g/mol. The molecule has 0 radical (unpaired) electrons. The average molecular weight is 482 g/mol. The summed E-state index contributed by atoms with van der Waals surface area (Å²) in [5.41, 5.74) is 1.27. The molecule has 0 aliphatic carbocycles. The maximum absolute atomic E-state index is 13.0. The van der Waals surface area contributed by atoms with E-state index < -0.39 is 20.0 Å². The van der Waals surface area contributed by atoms with E-state index in [-0.39, 0.29) is 9.79 Å². The zero-order valence-electron chi connectivity index (χ0n) is 18.7. The van der Waals surface area contributed by atoms with Gasteiger partial charge in [0.05, 0.1) is 21.2 Å². The summed E-state index contributed by atoms with van der Waals surface area (Å²) in [5.74, 6) is 0.618. The lowest BCUT2D eigenvalue weighted by molar-refractivity contribution is 0.0645. The van der Waals surface area contributed by atoms with E-state index in [0.29, 0.717) is 11.6 Å². The Hall–Kier alpha value is -2.14. The van der Waals surface area contributed by atoms with Crippen LogP contribution in [0.25, 0.3) is 0 Å². The van der Waals surface area contributed by atoms with Gasteiger partial charge in [0.15, 0.2) is 0 Å².